The summed E-state index contributed by atoms with van der Waals surface area (Å²) in [5.74, 6) is 0.365. The Hall–Kier alpha value is -0.970. The molecule has 0 saturated carbocycles. The maximum atomic E-state index is 11.2. The fourth-order valence-corrected chi connectivity index (χ4v) is 0.852. The van der Waals surface area contributed by atoms with Crippen LogP contribution in [-0.4, -0.2) is 15.9 Å². The van der Waals surface area contributed by atoms with Gasteiger partial charge in [0.05, 0.1) is 12.4 Å². The third-order valence-corrected chi connectivity index (χ3v) is 1.81. The number of anilines is 1. The zero-order valence-corrected chi connectivity index (χ0v) is 9.00. The molecule has 0 radical (unpaired) electrons. The second-order valence-corrected chi connectivity index (χ2v) is 3.68. The molecule has 4 nitrogen and oxygen atoms in total. The topological polar surface area (TPSA) is 54.9 Å². The average molecular weight is 244 g/mol. The van der Waals surface area contributed by atoms with E-state index < -0.39 is 0 Å². The van der Waals surface area contributed by atoms with Crippen molar-refractivity contribution in [2.24, 2.45) is 5.92 Å². The van der Waals surface area contributed by atoms with Gasteiger partial charge >= 0.3 is 0 Å². The van der Waals surface area contributed by atoms with E-state index in [2.05, 4.69) is 31.2 Å². The van der Waals surface area contributed by atoms with Crippen LogP contribution < -0.4 is 5.32 Å². The summed E-state index contributed by atoms with van der Waals surface area (Å²) in [4.78, 5) is 19.1. The highest BCUT2D eigenvalue weighted by atomic mass is 79.9. The van der Waals surface area contributed by atoms with Crippen LogP contribution in [-0.2, 0) is 4.79 Å². The number of halogens is 1. The normalized spacial score (nSPS) is 10.2. The van der Waals surface area contributed by atoms with Crippen LogP contribution in [0.2, 0.25) is 0 Å². The zero-order valence-electron chi connectivity index (χ0n) is 7.41. The standard InChI is InChI=1S/C8H10BrN3O/c1-5(2)8(13)12-7-4-10-6(9)3-11-7/h3-5H,1-2H3,(H,11,12,13). The molecule has 70 valence electrons. The molecule has 5 heteroatoms. The monoisotopic (exact) mass is 243 g/mol. The van der Waals surface area contributed by atoms with E-state index >= 15 is 0 Å². The van der Waals surface area contributed by atoms with Crippen molar-refractivity contribution < 1.29 is 4.79 Å². The van der Waals surface area contributed by atoms with Crippen molar-refractivity contribution in [1.82, 2.24) is 9.97 Å². The van der Waals surface area contributed by atoms with E-state index in [0.717, 1.165) is 0 Å². The summed E-state index contributed by atoms with van der Waals surface area (Å²) in [5.41, 5.74) is 0. The molecule has 0 aromatic carbocycles. The van der Waals surface area contributed by atoms with E-state index in [0.29, 0.717) is 10.4 Å². The van der Waals surface area contributed by atoms with Crippen molar-refractivity contribution in [3.8, 4) is 0 Å². The average Bonchev–Trinajstić information content (AvgIpc) is 2.08. The van der Waals surface area contributed by atoms with Crippen LogP contribution in [0.4, 0.5) is 5.82 Å². The van der Waals surface area contributed by atoms with Gasteiger partial charge in [0.25, 0.3) is 0 Å². The molecule has 0 unspecified atom stereocenters. The van der Waals surface area contributed by atoms with Gasteiger partial charge in [0.2, 0.25) is 5.91 Å². The van der Waals surface area contributed by atoms with E-state index in [1.165, 1.54) is 12.4 Å². The lowest BCUT2D eigenvalue weighted by Crippen LogP contribution is -2.18. The highest BCUT2D eigenvalue weighted by molar-refractivity contribution is 9.10. The molecule has 0 spiro atoms. The van der Waals surface area contributed by atoms with Gasteiger partial charge in [0.1, 0.15) is 4.60 Å². The lowest BCUT2D eigenvalue weighted by Gasteiger charge is -2.05. The maximum Gasteiger partial charge on any atom is 0.228 e. The molecule has 0 saturated heterocycles. The predicted octanol–water partition coefficient (Wildman–Crippen LogP) is 1.83. The molecule has 1 aromatic heterocycles. The first-order chi connectivity index (χ1) is 6.09. The Morgan fingerprint density at radius 3 is 2.62 bits per heavy atom. The quantitative estimate of drug-likeness (QED) is 0.863. The highest BCUT2D eigenvalue weighted by Gasteiger charge is 2.07. The number of nitrogens with zero attached hydrogens (tertiary/aromatic N) is 2. The van der Waals surface area contributed by atoms with Crippen LogP contribution in [0.3, 0.4) is 0 Å². The molecule has 0 fully saturated rings. The van der Waals surface area contributed by atoms with Gasteiger partial charge in [-0.05, 0) is 15.9 Å². The molecule has 0 aliphatic carbocycles. The number of hydrogen-bond donors (Lipinski definition) is 1. The van der Waals surface area contributed by atoms with Gasteiger partial charge in [-0.15, -0.1) is 0 Å². The molecule has 1 N–H and O–H groups in total. The van der Waals surface area contributed by atoms with E-state index in [1.54, 1.807) is 0 Å². The van der Waals surface area contributed by atoms with Crippen molar-refractivity contribution in [2.45, 2.75) is 13.8 Å². The Morgan fingerprint density at radius 2 is 2.15 bits per heavy atom. The second kappa shape index (κ2) is 4.32. The minimum atomic E-state index is -0.0587. The lowest BCUT2D eigenvalue weighted by atomic mass is 10.2. The Kier molecular flexibility index (Phi) is 3.36. The first kappa shape index (κ1) is 10.1. The molecular formula is C8H10BrN3O. The van der Waals surface area contributed by atoms with Gasteiger partial charge in [0.15, 0.2) is 5.82 Å². The fraction of sp³-hybridized carbons (Fsp3) is 0.375. The SMILES string of the molecule is CC(C)C(=O)Nc1cnc(Br)cn1. The molecule has 13 heavy (non-hydrogen) atoms. The van der Waals surface area contributed by atoms with Gasteiger partial charge in [-0.25, -0.2) is 9.97 Å². The van der Waals surface area contributed by atoms with Gasteiger partial charge in [0, 0.05) is 5.92 Å². The summed E-state index contributed by atoms with van der Waals surface area (Å²) in [6.07, 6.45) is 3.04. The molecule has 1 rings (SSSR count). The summed E-state index contributed by atoms with van der Waals surface area (Å²) in [6.45, 7) is 3.64. The molecule has 0 bridgehead atoms. The van der Waals surface area contributed by atoms with Gasteiger partial charge in [-0.1, -0.05) is 13.8 Å². The molecule has 1 heterocycles. The van der Waals surface area contributed by atoms with Gasteiger partial charge in [-0.2, -0.15) is 0 Å². The molecular weight excluding hydrogens is 234 g/mol. The molecule has 1 amide bonds. The highest BCUT2D eigenvalue weighted by Crippen LogP contribution is 2.07. The van der Waals surface area contributed by atoms with Crippen LogP contribution in [0.5, 0.6) is 0 Å². The van der Waals surface area contributed by atoms with Crippen molar-refractivity contribution in [2.75, 3.05) is 5.32 Å². The number of carbonyl (C=O) groups is 1. The summed E-state index contributed by atoms with van der Waals surface area (Å²) in [7, 11) is 0. The number of hydrogen-bond acceptors (Lipinski definition) is 3. The van der Waals surface area contributed by atoms with Crippen molar-refractivity contribution in [3.05, 3.63) is 17.0 Å². The maximum absolute atomic E-state index is 11.2. The fourth-order valence-electron chi connectivity index (χ4n) is 0.647. The Morgan fingerprint density at radius 1 is 1.46 bits per heavy atom. The third-order valence-electron chi connectivity index (χ3n) is 1.40. The van der Waals surface area contributed by atoms with Crippen LogP contribution in [0.25, 0.3) is 0 Å². The lowest BCUT2D eigenvalue weighted by molar-refractivity contribution is -0.118. The predicted molar refractivity (Wildman–Crippen MR) is 53.2 cm³/mol. The van der Waals surface area contributed by atoms with Crippen LogP contribution in [0.1, 0.15) is 13.8 Å². The zero-order chi connectivity index (χ0) is 9.84. The Balaban J connectivity index is 2.65. The van der Waals surface area contributed by atoms with Crippen molar-refractivity contribution in [1.29, 1.82) is 0 Å². The molecule has 0 aliphatic rings. The Labute approximate surface area is 84.9 Å². The summed E-state index contributed by atoms with van der Waals surface area (Å²) >= 11 is 3.15. The number of amides is 1. The first-order valence-electron chi connectivity index (χ1n) is 3.88. The van der Waals surface area contributed by atoms with Crippen molar-refractivity contribution >= 4 is 27.7 Å². The first-order valence-corrected chi connectivity index (χ1v) is 4.67. The third kappa shape index (κ3) is 3.10. The van der Waals surface area contributed by atoms with E-state index in [1.807, 2.05) is 13.8 Å². The minimum Gasteiger partial charge on any atom is -0.309 e. The van der Waals surface area contributed by atoms with Gasteiger partial charge < -0.3 is 5.32 Å². The van der Waals surface area contributed by atoms with Gasteiger partial charge in [-0.3, -0.25) is 4.79 Å². The smallest absolute Gasteiger partial charge is 0.228 e. The van der Waals surface area contributed by atoms with Crippen LogP contribution in [0, 0.1) is 5.92 Å². The molecule has 0 aliphatic heterocycles. The van der Waals surface area contributed by atoms with E-state index in [4.69, 9.17) is 0 Å². The number of rotatable bonds is 2. The second-order valence-electron chi connectivity index (χ2n) is 2.87. The van der Waals surface area contributed by atoms with E-state index in [-0.39, 0.29) is 11.8 Å². The molecule has 1 aromatic rings. The summed E-state index contributed by atoms with van der Waals surface area (Å²) in [6, 6.07) is 0. The number of nitrogens with one attached hydrogen (secondary N) is 1. The Bertz CT molecular complexity index is 297. The van der Waals surface area contributed by atoms with Crippen LogP contribution in [0.15, 0.2) is 17.0 Å². The van der Waals surface area contributed by atoms with Crippen molar-refractivity contribution in [3.63, 3.8) is 0 Å². The number of aromatic nitrogens is 2. The minimum absolute atomic E-state index is 0.0505. The summed E-state index contributed by atoms with van der Waals surface area (Å²) < 4.78 is 0.648. The summed E-state index contributed by atoms with van der Waals surface area (Å²) in [5, 5.41) is 2.64. The van der Waals surface area contributed by atoms with E-state index in [9.17, 15) is 4.79 Å². The largest absolute Gasteiger partial charge is 0.309 e. The molecule has 0 atom stereocenters. The van der Waals surface area contributed by atoms with Crippen LogP contribution >= 0.6 is 15.9 Å². The number of carbonyl (C=O) groups excluding carboxylic acids is 1.